The van der Waals surface area contributed by atoms with E-state index in [2.05, 4.69) is 15.3 Å². The topological polar surface area (TPSA) is 58.1 Å². The van der Waals surface area contributed by atoms with E-state index in [-0.39, 0.29) is 12.5 Å². The molecule has 0 bridgehead atoms. The molecule has 140 valence electrons. The van der Waals surface area contributed by atoms with E-state index in [4.69, 9.17) is 0 Å². The molecular weight excluding hydrogens is 370 g/mol. The lowest BCUT2D eigenvalue weighted by atomic mass is 10.2. The Balaban J connectivity index is 1.65. The molecule has 1 aliphatic heterocycles. The van der Waals surface area contributed by atoms with Gasteiger partial charge in [-0.2, -0.15) is 0 Å². The molecule has 3 aromatic rings. The van der Waals surface area contributed by atoms with E-state index in [1.165, 1.54) is 29.8 Å². The Morgan fingerprint density at radius 3 is 2.59 bits per heavy atom. The van der Waals surface area contributed by atoms with E-state index in [0.29, 0.717) is 21.8 Å². The number of hydrogen-bond acceptors (Lipinski definition) is 5. The molecule has 1 amide bonds. The molecular formula is C19H18F2N4OS. The number of aromatic nitrogens is 2. The molecule has 5 nitrogen and oxygen atoms in total. The summed E-state index contributed by atoms with van der Waals surface area (Å²) in [4.78, 5) is 24.8. The van der Waals surface area contributed by atoms with Crippen LogP contribution in [-0.2, 0) is 6.54 Å². The average molecular weight is 388 g/mol. The van der Waals surface area contributed by atoms with Crippen LogP contribution >= 0.6 is 11.3 Å². The minimum atomic E-state index is -0.621. The van der Waals surface area contributed by atoms with Crippen LogP contribution in [0.25, 0.3) is 10.9 Å². The number of likely N-dealkylation sites (tertiary alicyclic amines) is 1. The van der Waals surface area contributed by atoms with Crippen LogP contribution in [0.15, 0.2) is 24.5 Å². The fourth-order valence-corrected chi connectivity index (χ4v) is 4.45. The van der Waals surface area contributed by atoms with Crippen LogP contribution < -0.4 is 5.32 Å². The van der Waals surface area contributed by atoms with Gasteiger partial charge < -0.3 is 10.2 Å². The first-order chi connectivity index (χ1) is 13.0. The minimum absolute atomic E-state index is 0.00690. The number of anilines is 1. The Bertz CT molecular complexity index is 994. The van der Waals surface area contributed by atoms with E-state index in [1.54, 1.807) is 0 Å². The van der Waals surface area contributed by atoms with E-state index < -0.39 is 11.6 Å². The van der Waals surface area contributed by atoms with Crippen LogP contribution in [0.5, 0.6) is 0 Å². The van der Waals surface area contributed by atoms with Crippen molar-refractivity contribution in [2.75, 3.05) is 18.4 Å². The number of fused-ring (bicyclic) bond motifs is 1. The number of hydrogen-bond donors (Lipinski definition) is 1. The maximum Gasteiger partial charge on any atom is 0.266 e. The number of amides is 1. The molecule has 1 N–H and O–H groups in total. The largest absolute Gasteiger partial charge is 0.365 e. The molecule has 0 radical (unpaired) electrons. The minimum Gasteiger partial charge on any atom is -0.365 e. The molecule has 27 heavy (non-hydrogen) atoms. The molecule has 0 spiro atoms. The highest BCUT2D eigenvalue weighted by Gasteiger charge is 2.25. The zero-order chi connectivity index (χ0) is 19.0. The van der Waals surface area contributed by atoms with E-state index in [0.717, 1.165) is 42.3 Å². The van der Waals surface area contributed by atoms with E-state index in [1.807, 2.05) is 11.8 Å². The highest BCUT2D eigenvalue weighted by Crippen LogP contribution is 2.34. The molecule has 2 aromatic heterocycles. The number of nitrogens with one attached hydrogen (secondary N) is 1. The van der Waals surface area contributed by atoms with Gasteiger partial charge >= 0.3 is 0 Å². The van der Waals surface area contributed by atoms with Gasteiger partial charge in [-0.3, -0.25) is 4.79 Å². The van der Waals surface area contributed by atoms with Crippen molar-refractivity contribution in [3.8, 4) is 0 Å². The molecule has 0 aliphatic carbocycles. The first kappa shape index (κ1) is 17.8. The quantitative estimate of drug-likeness (QED) is 0.730. The third-order valence-corrected chi connectivity index (χ3v) is 5.72. The molecule has 0 saturated carbocycles. The van der Waals surface area contributed by atoms with Gasteiger partial charge in [0.05, 0.1) is 10.9 Å². The van der Waals surface area contributed by atoms with Gasteiger partial charge in [0.1, 0.15) is 28.7 Å². The number of benzene rings is 1. The van der Waals surface area contributed by atoms with Crippen molar-refractivity contribution in [1.29, 1.82) is 0 Å². The molecule has 1 fully saturated rings. The number of carbonyl (C=O) groups excluding carboxylic acids is 1. The number of carbonyl (C=O) groups is 1. The van der Waals surface area contributed by atoms with Crippen molar-refractivity contribution in [3.63, 3.8) is 0 Å². The second kappa shape index (κ2) is 7.19. The normalized spacial score (nSPS) is 14.1. The molecule has 8 heteroatoms. The Labute approximate surface area is 159 Å². The van der Waals surface area contributed by atoms with Gasteiger partial charge in [0.25, 0.3) is 5.91 Å². The summed E-state index contributed by atoms with van der Waals surface area (Å²) in [6, 6.07) is 3.39. The predicted molar refractivity (Wildman–Crippen MR) is 101 cm³/mol. The lowest BCUT2D eigenvalue weighted by molar-refractivity contribution is 0.0799. The van der Waals surface area contributed by atoms with Gasteiger partial charge in [-0.25, -0.2) is 18.7 Å². The van der Waals surface area contributed by atoms with Gasteiger partial charge in [0, 0.05) is 30.6 Å². The molecule has 3 heterocycles. The number of halogens is 2. The third kappa shape index (κ3) is 3.49. The van der Waals surface area contributed by atoms with Crippen LogP contribution in [0, 0.1) is 18.6 Å². The smallest absolute Gasteiger partial charge is 0.266 e. The summed E-state index contributed by atoms with van der Waals surface area (Å²) < 4.78 is 26.8. The van der Waals surface area contributed by atoms with Gasteiger partial charge in [-0.1, -0.05) is 0 Å². The molecule has 4 rings (SSSR count). The first-order valence-corrected chi connectivity index (χ1v) is 9.57. The number of thiophene rings is 1. The van der Waals surface area contributed by atoms with Gasteiger partial charge in [-0.05, 0) is 37.5 Å². The average Bonchev–Trinajstić information content (AvgIpc) is 3.27. The molecule has 1 aliphatic rings. The van der Waals surface area contributed by atoms with Crippen molar-refractivity contribution in [2.45, 2.75) is 26.3 Å². The Kier molecular flexibility index (Phi) is 4.73. The Hall–Kier alpha value is -2.61. The second-order valence-corrected chi connectivity index (χ2v) is 7.79. The zero-order valence-electron chi connectivity index (χ0n) is 14.8. The van der Waals surface area contributed by atoms with E-state index in [9.17, 15) is 13.6 Å². The second-order valence-electron chi connectivity index (χ2n) is 6.56. The maximum absolute atomic E-state index is 13.4. The van der Waals surface area contributed by atoms with Crippen LogP contribution in [0.1, 0.15) is 33.0 Å². The summed E-state index contributed by atoms with van der Waals surface area (Å²) in [5.41, 5.74) is 1.10. The lowest BCUT2D eigenvalue weighted by Gasteiger charge is -2.13. The molecule has 1 saturated heterocycles. The predicted octanol–water partition coefficient (Wildman–Crippen LogP) is 4.13. The van der Waals surface area contributed by atoms with Gasteiger partial charge in [-0.15, -0.1) is 11.3 Å². The van der Waals surface area contributed by atoms with Crippen molar-refractivity contribution < 1.29 is 13.6 Å². The highest BCUT2D eigenvalue weighted by molar-refractivity contribution is 7.15. The SMILES string of the molecule is Cc1sc(C(=O)N2CCCC2)c2ncnc(NCc3cc(F)cc(F)c3)c12. The first-order valence-electron chi connectivity index (χ1n) is 8.75. The summed E-state index contributed by atoms with van der Waals surface area (Å²) in [5.74, 6) is -0.680. The summed E-state index contributed by atoms with van der Waals surface area (Å²) in [6.07, 6.45) is 3.46. The van der Waals surface area contributed by atoms with Crippen LogP contribution in [0.2, 0.25) is 0 Å². The summed E-state index contributed by atoms with van der Waals surface area (Å²) >= 11 is 1.41. The van der Waals surface area contributed by atoms with Crippen LogP contribution in [0.3, 0.4) is 0 Å². The summed E-state index contributed by atoms with van der Waals surface area (Å²) in [5, 5.41) is 3.90. The summed E-state index contributed by atoms with van der Waals surface area (Å²) in [7, 11) is 0. The van der Waals surface area contributed by atoms with Crippen molar-refractivity contribution in [2.24, 2.45) is 0 Å². The third-order valence-electron chi connectivity index (χ3n) is 4.64. The molecule has 0 unspecified atom stereocenters. The number of rotatable bonds is 4. The zero-order valence-corrected chi connectivity index (χ0v) is 15.6. The fraction of sp³-hybridized carbons (Fsp3) is 0.316. The summed E-state index contributed by atoms with van der Waals surface area (Å²) in [6.45, 7) is 3.69. The Morgan fingerprint density at radius 2 is 1.89 bits per heavy atom. The Morgan fingerprint density at radius 1 is 1.19 bits per heavy atom. The standard InChI is InChI=1S/C19H18F2N4OS/c1-11-15-16(17(27-11)19(26)25-4-2-3-5-25)23-10-24-18(15)22-9-12-6-13(20)8-14(21)7-12/h6-8,10H,2-5,9H2,1H3,(H,22,23,24). The van der Waals surface area contributed by atoms with Crippen LogP contribution in [-0.4, -0.2) is 33.9 Å². The molecule has 0 atom stereocenters. The van der Waals surface area contributed by atoms with E-state index >= 15 is 0 Å². The number of nitrogens with zero attached hydrogens (tertiary/aromatic N) is 3. The number of aryl methyl sites for hydroxylation is 1. The lowest BCUT2D eigenvalue weighted by Crippen LogP contribution is -2.27. The van der Waals surface area contributed by atoms with Crippen molar-refractivity contribution in [3.05, 3.63) is 51.5 Å². The maximum atomic E-state index is 13.4. The van der Waals surface area contributed by atoms with Gasteiger partial charge in [0.15, 0.2) is 0 Å². The van der Waals surface area contributed by atoms with Crippen LogP contribution in [0.4, 0.5) is 14.6 Å². The van der Waals surface area contributed by atoms with Gasteiger partial charge in [0.2, 0.25) is 0 Å². The van der Waals surface area contributed by atoms with Crippen molar-refractivity contribution >= 4 is 34.0 Å². The monoisotopic (exact) mass is 388 g/mol. The van der Waals surface area contributed by atoms with Crippen molar-refractivity contribution in [1.82, 2.24) is 14.9 Å². The fourth-order valence-electron chi connectivity index (χ4n) is 3.39. The highest BCUT2D eigenvalue weighted by atomic mass is 32.1. The molecule has 1 aromatic carbocycles.